The fourth-order valence-corrected chi connectivity index (χ4v) is 1.25. The Labute approximate surface area is 125 Å². The second kappa shape index (κ2) is 6.01. The third kappa shape index (κ3) is 4.22. The third-order valence-corrected chi connectivity index (χ3v) is 2.18. The van der Waals surface area contributed by atoms with Gasteiger partial charge in [-0.2, -0.15) is 0 Å². The molecule has 0 fully saturated rings. The van der Waals surface area contributed by atoms with Gasteiger partial charge in [-0.25, -0.2) is 8.42 Å². The van der Waals surface area contributed by atoms with Crippen molar-refractivity contribution in [1.82, 2.24) is 0 Å². The van der Waals surface area contributed by atoms with E-state index in [1.807, 2.05) is 0 Å². The van der Waals surface area contributed by atoms with E-state index in [4.69, 9.17) is 4.74 Å². The molecular weight excluding hydrogens is 231 g/mol. The quantitative estimate of drug-likeness (QED) is 0.351. The summed E-state index contributed by atoms with van der Waals surface area (Å²) < 4.78 is 36.3. The zero-order valence-corrected chi connectivity index (χ0v) is 11.6. The first kappa shape index (κ1) is 14.3. The zero-order chi connectivity index (χ0) is 9.90. The Balaban J connectivity index is 0.00000169. The Morgan fingerprint density at radius 1 is 1.29 bits per heavy atom. The summed E-state index contributed by atoms with van der Waals surface area (Å²) in [5.74, 6) is 0.433. The third-order valence-electron chi connectivity index (χ3n) is 1.33. The molecule has 0 saturated heterocycles. The van der Waals surface area contributed by atoms with Crippen molar-refractivity contribution in [3.8, 4) is 5.75 Å². The van der Waals surface area contributed by atoms with E-state index in [0.717, 1.165) is 0 Å². The fourth-order valence-electron chi connectivity index (χ4n) is 0.781. The molecule has 1 aromatic carbocycles. The van der Waals surface area contributed by atoms with Gasteiger partial charge in [-0.05, 0) is 24.3 Å². The first-order valence-corrected chi connectivity index (χ1v) is 4.78. The molecule has 4 nitrogen and oxygen atoms in total. The molecule has 1 aromatic rings. The van der Waals surface area contributed by atoms with Gasteiger partial charge in [0.05, 0.1) is 11.2 Å². The van der Waals surface area contributed by atoms with Crippen molar-refractivity contribution in [3.63, 3.8) is 0 Å². The molecule has 1 rings (SSSR count). The Hall–Kier alpha value is 0.306. The zero-order valence-electron chi connectivity index (χ0n) is 7.64. The number of benzene rings is 1. The van der Waals surface area contributed by atoms with Crippen LogP contribution in [0.3, 0.4) is 0 Å². The predicted octanol–water partition coefficient (Wildman–Crippen LogP) is -1.88. The molecule has 6 heteroatoms. The van der Waals surface area contributed by atoms with Gasteiger partial charge in [0.25, 0.3) is 0 Å². The van der Waals surface area contributed by atoms with Gasteiger partial charge < -0.3 is 9.29 Å². The van der Waals surface area contributed by atoms with Crippen LogP contribution in [0.25, 0.3) is 0 Å². The Kier molecular flexibility index (Phi) is 6.14. The van der Waals surface area contributed by atoms with Gasteiger partial charge >= 0.3 is 51.4 Å². The van der Waals surface area contributed by atoms with E-state index in [-0.39, 0.29) is 56.3 Å². The maximum atomic E-state index is 10.5. The number of hydrogen-bond acceptors (Lipinski definition) is 4. The maximum absolute atomic E-state index is 10.5. The van der Waals surface area contributed by atoms with Crippen LogP contribution < -0.4 is 56.1 Å². The van der Waals surface area contributed by atoms with E-state index >= 15 is 0 Å². The molecule has 0 aliphatic heterocycles. The van der Waals surface area contributed by atoms with Crippen molar-refractivity contribution >= 4 is 10.1 Å². The maximum Gasteiger partial charge on any atom is 1.00 e. The standard InChI is InChI=1S/C8H8O4S.K/c1-2-12-7-3-5-8(6-4-7)13(9,10)11;/h2-6H,1H2,(H,9,10,11);/q;+1/p-1. The number of hydrogen-bond donors (Lipinski definition) is 0. The fraction of sp³-hybridized carbons (Fsp3) is 0. The number of ether oxygens (including phenoxy) is 1. The minimum atomic E-state index is -4.37. The van der Waals surface area contributed by atoms with Crippen molar-refractivity contribution in [2.45, 2.75) is 4.90 Å². The van der Waals surface area contributed by atoms with Gasteiger partial charge in [0, 0.05) is 0 Å². The van der Waals surface area contributed by atoms with E-state index in [2.05, 4.69) is 6.58 Å². The van der Waals surface area contributed by atoms with Crippen molar-refractivity contribution in [1.29, 1.82) is 0 Å². The molecule has 14 heavy (non-hydrogen) atoms. The minimum Gasteiger partial charge on any atom is -0.744 e. The molecule has 0 radical (unpaired) electrons. The summed E-state index contributed by atoms with van der Waals surface area (Å²) in [4.78, 5) is -0.274. The summed E-state index contributed by atoms with van der Waals surface area (Å²) >= 11 is 0. The summed E-state index contributed by atoms with van der Waals surface area (Å²) in [6, 6.07) is 5.13. The molecule has 0 N–H and O–H groups in total. The van der Waals surface area contributed by atoms with E-state index in [1.54, 1.807) is 0 Å². The summed E-state index contributed by atoms with van der Waals surface area (Å²) in [6.07, 6.45) is 1.21. The number of rotatable bonds is 3. The van der Waals surface area contributed by atoms with Crippen LogP contribution in [0.4, 0.5) is 0 Å². The monoisotopic (exact) mass is 238 g/mol. The molecule has 0 aromatic heterocycles. The first-order valence-electron chi connectivity index (χ1n) is 3.37. The van der Waals surface area contributed by atoms with Crippen LogP contribution in [0.1, 0.15) is 0 Å². The second-order valence-corrected chi connectivity index (χ2v) is 3.59. The first-order chi connectivity index (χ1) is 6.04. The second-order valence-electron chi connectivity index (χ2n) is 2.21. The van der Waals surface area contributed by atoms with Crippen LogP contribution in [0.5, 0.6) is 5.75 Å². The molecular formula is C8H7KO4S. The van der Waals surface area contributed by atoms with E-state index in [9.17, 15) is 13.0 Å². The van der Waals surface area contributed by atoms with E-state index < -0.39 is 10.1 Å². The largest absolute Gasteiger partial charge is 1.00 e. The molecule has 0 heterocycles. The van der Waals surface area contributed by atoms with Crippen molar-refractivity contribution < 1.29 is 69.1 Å². The Bertz CT molecular complexity index is 396. The summed E-state index contributed by atoms with van der Waals surface area (Å²) in [5.41, 5.74) is 0. The van der Waals surface area contributed by atoms with Crippen LogP contribution in [0, 0.1) is 0 Å². The molecule has 0 amide bonds. The molecule has 0 aliphatic rings. The molecule has 70 valence electrons. The summed E-state index contributed by atoms with van der Waals surface area (Å²) in [5, 5.41) is 0. The molecule has 0 aliphatic carbocycles. The molecule has 0 bridgehead atoms. The average Bonchev–Trinajstić information content (AvgIpc) is 2.04. The molecule has 0 atom stereocenters. The van der Waals surface area contributed by atoms with Crippen molar-refractivity contribution in [3.05, 3.63) is 37.1 Å². The summed E-state index contributed by atoms with van der Waals surface area (Å²) in [7, 11) is -4.37. The van der Waals surface area contributed by atoms with Crippen LogP contribution in [0.15, 0.2) is 42.0 Å². The van der Waals surface area contributed by atoms with Gasteiger partial charge in [0.1, 0.15) is 15.9 Å². The molecule has 0 saturated carbocycles. The molecule has 0 unspecified atom stereocenters. The van der Waals surface area contributed by atoms with Crippen LogP contribution in [0.2, 0.25) is 0 Å². The van der Waals surface area contributed by atoms with Gasteiger partial charge in [0.15, 0.2) is 0 Å². The van der Waals surface area contributed by atoms with E-state index in [1.165, 1.54) is 30.5 Å². The Morgan fingerprint density at radius 2 is 1.79 bits per heavy atom. The predicted molar refractivity (Wildman–Crippen MR) is 45.2 cm³/mol. The van der Waals surface area contributed by atoms with Crippen LogP contribution in [-0.2, 0) is 10.1 Å². The van der Waals surface area contributed by atoms with E-state index in [0.29, 0.717) is 5.75 Å². The van der Waals surface area contributed by atoms with Crippen LogP contribution in [-0.4, -0.2) is 13.0 Å². The van der Waals surface area contributed by atoms with Gasteiger partial charge in [-0.15, -0.1) is 0 Å². The van der Waals surface area contributed by atoms with Crippen molar-refractivity contribution in [2.75, 3.05) is 0 Å². The van der Waals surface area contributed by atoms with Crippen molar-refractivity contribution in [2.24, 2.45) is 0 Å². The minimum absolute atomic E-state index is 0. The summed E-state index contributed by atoms with van der Waals surface area (Å²) in [6.45, 7) is 3.32. The van der Waals surface area contributed by atoms with Crippen LogP contribution >= 0.6 is 0 Å². The normalized spacial score (nSPS) is 10.1. The van der Waals surface area contributed by atoms with Gasteiger partial charge in [-0.1, -0.05) is 6.58 Å². The SMILES string of the molecule is C=COc1ccc(S(=O)(=O)[O-])cc1.[K+]. The topological polar surface area (TPSA) is 66.4 Å². The van der Waals surface area contributed by atoms with Gasteiger partial charge in [0.2, 0.25) is 0 Å². The average molecular weight is 238 g/mol. The molecule has 0 spiro atoms. The smallest absolute Gasteiger partial charge is 0.744 e. The Morgan fingerprint density at radius 3 is 2.14 bits per heavy atom. The van der Waals surface area contributed by atoms with Gasteiger partial charge in [-0.3, -0.25) is 0 Å².